The van der Waals surface area contributed by atoms with Crippen molar-refractivity contribution in [2.45, 2.75) is 52.1 Å². The predicted octanol–water partition coefficient (Wildman–Crippen LogP) is 2.33. The summed E-state index contributed by atoms with van der Waals surface area (Å²) in [7, 11) is 0. The minimum Gasteiger partial charge on any atom is -0.444 e. The van der Waals surface area contributed by atoms with Crippen LogP contribution < -0.4 is 0 Å². The number of carbonyl (C=O) groups excluding carboxylic acids is 3. The smallest absolute Gasteiger partial charge is 0.410 e. The molecule has 31 heavy (non-hydrogen) atoms. The van der Waals surface area contributed by atoms with Gasteiger partial charge in [0.15, 0.2) is 0 Å². The van der Waals surface area contributed by atoms with Gasteiger partial charge >= 0.3 is 6.09 Å². The summed E-state index contributed by atoms with van der Waals surface area (Å²) in [6.45, 7) is 9.12. The maximum atomic E-state index is 12.7. The minimum absolute atomic E-state index is 0.0558. The molecular formula is C23H34N4O4. The van der Waals surface area contributed by atoms with E-state index in [-0.39, 0.29) is 23.8 Å². The quantitative estimate of drug-likeness (QED) is 0.732. The van der Waals surface area contributed by atoms with Crippen molar-refractivity contribution >= 4 is 17.9 Å². The van der Waals surface area contributed by atoms with Gasteiger partial charge in [-0.2, -0.15) is 0 Å². The molecule has 8 heteroatoms. The summed E-state index contributed by atoms with van der Waals surface area (Å²) in [6.07, 6.45) is 3.84. The summed E-state index contributed by atoms with van der Waals surface area (Å²) in [6, 6.07) is 5.57. The van der Waals surface area contributed by atoms with Gasteiger partial charge in [0.2, 0.25) is 11.8 Å². The summed E-state index contributed by atoms with van der Waals surface area (Å²) in [5.41, 5.74) is 0.272. The van der Waals surface area contributed by atoms with E-state index in [4.69, 9.17) is 4.74 Å². The second kappa shape index (κ2) is 10.1. The van der Waals surface area contributed by atoms with Crippen molar-refractivity contribution < 1.29 is 19.1 Å². The molecule has 0 unspecified atom stereocenters. The highest BCUT2D eigenvalue weighted by atomic mass is 16.6. The van der Waals surface area contributed by atoms with Crippen LogP contribution in [0.5, 0.6) is 0 Å². The molecule has 8 nitrogen and oxygen atoms in total. The van der Waals surface area contributed by atoms with Crippen molar-refractivity contribution in [2.75, 3.05) is 39.3 Å². The fraction of sp³-hybridized carbons (Fsp3) is 0.652. The molecule has 0 aliphatic carbocycles. The van der Waals surface area contributed by atoms with E-state index in [1.807, 2.05) is 48.8 Å². The van der Waals surface area contributed by atoms with Gasteiger partial charge in [-0.3, -0.25) is 14.6 Å². The lowest BCUT2D eigenvalue weighted by molar-refractivity contribution is -0.140. The standard InChI is InChI=1S/C23H34N4O4/c1-23(2,3)31-22(30)27-10-7-18(8-11-27)16-20(28)25-12-14-26(15-13-25)21(29)17-19-6-4-5-9-24-19/h4-6,9,18H,7-8,10-17H2,1-3H3. The average molecular weight is 431 g/mol. The molecule has 1 aromatic rings. The predicted molar refractivity (Wildman–Crippen MR) is 116 cm³/mol. The molecule has 3 heterocycles. The van der Waals surface area contributed by atoms with Gasteiger partial charge in [-0.15, -0.1) is 0 Å². The summed E-state index contributed by atoms with van der Waals surface area (Å²) in [4.78, 5) is 47.0. The van der Waals surface area contributed by atoms with Crippen LogP contribution in [0.2, 0.25) is 0 Å². The zero-order valence-corrected chi connectivity index (χ0v) is 18.9. The number of pyridine rings is 1. The number of carbonyl (C=O) groups is 3. The third kappa shape index (κ3) is 6.94. The average Bonchev–Trinajstić information content (AvgIpc) is 2.74. The van der Waals surface area contributed by atoms with Crippen LogP contribution in [0.25, 0.3) is 0 Å². The number of nitrogens with zero attached hydrogens (tertiary/aromatic N) is 4. The second-order valence-corrected chi connectivity index (χ2v) is 9.37. The first-order chi connectivity index (χ1) is 14.7. The number of piperazine rings is 1. The van der Waals surface area contributed by atoms with Crippen LogP contribution in [0.15, 0.2) is 24.4 Å². The van der Waals surface area contributed by atoms with E-state index < -0.39 is 5.60 Å². The van der Waals surface area contributed by atoms with Gasteiger partial charge in [-0.1, -0.05) is 6.07 Å². The molecule has 0 radical (unpaired) electrons. The van der Waals surface area contributed by atoms with Crippen molar-refractivity contribution in [3.05, 3.63) is 30.1 Å². The van der Waals surface area contributed by atoms with E-state index in [0.717, 1.165) is 18.5 Å². The number of amides is 3. The summed E-state index contributed by atoms with van der Waals surface area (Å²) < 4.78 is 5.43. The maximum Gasteiger partial charge on any atom is 0.410 e. The number of hydrogen-bond donors (Lipinski definition) is 0. The number of rotatable bonds is 4. The number of piperidine rings is 1. The summed E-state index contributed by atoms with van der Waals surface area (Å²) >= 11 is 0. The van der Waals surface area contributed by atoms with Gasteiger partial charge in [0.25, 0.3) is 0 Å². The Hall–Kier alpha value is -2.64. The fourth-order valence-corrected chi connectivity index (χ4v) is 4.00. The van der Waals surface area contributed by atoms with E-state index >= 15 is 0 Å². The number of aromatic nitrogens is 1. The second-order valence-electron chi connectivity index (χ2n) is 9.37. The fourth-order valence-electron chi connectivity index (χ4n) is 4.00. The molecule has 0 atom stereocenters. The van der Waals surface area contributed by atoms with Gasteiger partial charge < -0.3 is 19.4 Å². The number of hydrogen-bond acceptors (Lipinski definition) is 5. The van der Waals surface area contributed by atoms with E-state index in [1.165, 1.54) is 0 Å². The van der Waals surface area contributed by atoms with Gasteiger partial charge in [0.05, 0.1) is 6.42 Å². The number of ether oxygens (including phenoxy) is 1. The Morgan fingerprint density at radius 2 is 1.55 bits per heavy atom. The van der Waals surface area contributed by atoms with Gasteiger partial charge in [-0.25, -0.2) is 4.79 Å². The largest absolute Gasteiger partial charge is 0.444 e. The van der Waals surface area contributed by atoms with Crippen LogP contribution in [-0.4, -0.2) is 82.5 Å². The van der Waals surface area contributed by atoms with Crippen LogP contribution >= 0.6 is 0 Å². The lowest BCUT2D eigenvalue weighted by Crippen LogP contribution is -2.51. The van der Waals surface area contributed by atoms with Crippen LogP contribution in [0, 0.1) is 5.92 Å². The molecule has 0 bridgehead atoms. The van der Waals surface area contributed by atoms with E-state index in [9.17, 15) is 14.4 Å². The molecule has 0 aromatic carbocycles. The highest BCUT2D eigenvalue weighted by Gasteiger charge is 2.30. The molecule has 2 fully saturated rings. The van der Waals surface area contributed by atoms with Crippen molar-refractivity contribution in [2.24, 2.45) is 5.92 Å². The first-order valence-corrected chi connectivity index (χ1v) is 11.1. The normalized spacial score (nSPS) is 18.1. The Morgan fingerprint density at radius 3 is 2.10 bits per heavy atom. The minimum atomic E-state index is -0.495. The third-order valence-corrected chi connectivity index (χ3v) is 5.77. The highest BCUT2D eigenvalue weighted by Crippen LogP contribution is 2.23. The van der Waals surface area contributed by atoms with Gasteiger partial charge in [0, 0.05) is 57.6 Å². The Balaban J connectivity index is 1.38. The Morgan fingerprint density at radius 1 is 0.935 bits per heavy atom. The van der Waals surface area contributed by atoms with Gasteiger partial charge in [-0.05, 0) is 51.7 Å². The van der Waals surface area contributed by atoms with E-state index in [2.05, 4.69) is 4.98 Å². The molecule has 2 aliphatic heterocycles. The molecule has 0 spiro atoms. The van der Waals surface area contributed by atoms with E-state index in [0.29, 0.717) is 52.1 Å². The lowest BCUT2D eigenvalue weighted by atomic mass is 9.93. The van der Waals surface area contributed by atoms with Crippen LogP contribution in [-0.2, 0) is 20.7 Å². The first kappa shape index (κ1) is 23.0. The Bertz CT molecular complexity index is 762. The monoisotopic (exact) mass is 430 g/mol. The first-order valence-electron chi connectivity index (χ1n) is 11.1. The third-order valence-electron chi connectivity index (χ3n) is 5.77. The maximum absolute atomic E-state index is 12.7. The van der Waals surface area contributed by atoms with Crippen LogP contribution in [0.4, 0.5) is 4.79 Å². The Kier molecular flexibility index (Phi) is 7.51. The molecule has 170 valence electrons. The highest BCUT2D eigenvalue weighted by molar-refractivity contribution is 5.80. The summed E-state index contributed by atoms with van der Waals surface area (Å²) in [5, 5.41) is 0. The Labute approximate surface area is 184 Å². The van der Waals surface area contributed by atoms with Crippen molar-refractivity contribution in [3.63, 3.8) is 0 Å². The number of likely N-dealkylation sites (tertiary alicyclic amines) is 1. The molecule has 2 aliphatic rings. The molecule has 3 rings (SSSR count). The van der Waals surface area contributed by atoms with Crippen molar-refractivity contribution in [1.29, 1.82) is 0 Å². The van der Waals surface area contributed by atoms with Gasteiger partial charge in [0.1, 0.15) is 5.60 Å². The molecule has 3 amide bonds. The molecule has 2 saturated heterocycles. The van der Waals surface area contributed by atoms with Crippen molar-refractivity contribution in [3.8, 4) is 0 Å². The summed E-state index contributed by atoms with van der Waals surface area (Å²) in [5.74, 6) is 0.489. The lowest BCUT2D eigenvalue weighted by Gasteiger charge is -2.37. The SMILES string of the molecule is CC(C)(C)OC(=O)N1CCC(CC(=O)N2CCN(C(=O)Cc3ccccn3)CC2)CC1. The molecule has 1 aromatic heterocycles. The molecular weight excluding hydrogens is 396 g/mol. The zero-order valence-electron chi connectivity index (χ0n) is 18.9. The molecule has 0 saturated carbocycles. The zero-order chi connectivity index (χ0) is 22.4. The molecule has 0 N–H and O–H groups in total. The van der Waals surface area contributed by atoms with Crippen LogP contribution in [0.3, 0.4) is 0 Å². The van der Waals surface area contributed by atoms with Crippen LogP contribution in [0.1, 0.15) is 45.7 Å². The topological polar surface area (TPSA) is 83.0 Å². The van der Waals surface area contributed by atoms with Crippen molar-refractivity contribution in [1.82, 2.24) is 19.7 Å². The van der Waals surface area contributed by atoms with E-state index in [1.54, 1.807) is 11.1 Å².